The Morgan fingerprint density at radius 1 is 1.08 bits per heavy atom. The molecular weight excluding hydrogens is 302 g/mol. The van der Waals surface area contributed by atoms with Crippen LogP contribution in [0.4, 0.5) is 5.95 Å². The van der Waals surface area contributed by atoms with Crippen LogP contribution in [0.3, 0.4) is 0 Å². The molecule has 1 amide bonds. The van der Waals surface area contributed by atoms with Crippen LogP contribution in [-0.4, -0.2) is 61.0 Å². The summed E-state index contributed by atoms with van der Waals surface area (Å²) >= 11 is 0. The topological polar surface area (TPSA) is 53.8 Å². The minimum absolute atomic E-state index is 0.153. The molecule has 6 nitrogen and oxygen atoms in total. The molecule has 0 aliphatic carbocycles. The van der Waals surface area contributed by atoms with Crippen molar-refractivity contribution in [3.63, 3.8) is 0 Å². The number of nitrogens with zero attached hydrogens (tertiary/aromatic N) is 4. The zero-order chi connectivity index (χ0) is 16.9. The van der Waals surface area contributed by atoms with Gasteiger partial charge in [0.05, 0.1) is 26.2 Å². The van der Waals surface area contributed by atoms with Crippen molar-refractivity contribution in [3.05, 3.63) is 54.4 Å². The first-order valence-electron chi connectivity index (χ1n) is 8.29. The Labute approximate surface area is 142 Å². The minimum atomic E-state index is -0.153. The van der Waals surface area contributed by atoms with Crippen LogP contribution in [0, 0.1) is 0 Å². The number of rotatable bonds is 4. The van der Waals surface area contributed by atoms with Crippen molar-refractivity contribution in [1.29, 1.82) is 0 Å². The Balaban J connectivity index is 1.75. The molecule has 0 radical (unpaired) electrons. The Kier molecular flexibility index (Phi) is 5.05. The Morgan fingerprint density at radius 2 is 1.71 bits per heavy atom. The van der Waals surface area contributed by atoms with Gasteiger partial charge >= 0.3 is 0 Å². The maximum absolute atomic E-state index is 12.8. The van der Waals surface area contributed by atoms with E-state index in [1.54, 1.807) is 17.3 Å². The second kappa shape index (κ2) is 7.40. The number of anilines is 1. The van der Waals surface area contributed by atoms with E-state index in [1.807, 2.05) is 50.5 Å². The van der Waals surface area contributed by atoms with E-state index in [2.05, 4.69) is 14.9 Å². The van der Waals surface area contributed by atoms with Gasteiger partial charge in [-0.25, -0.2) is 9.97 Å². The molecule has 1 aromatic heterocycles. The summed E-state index contributed by atoms with van der Waals surface area (Å²) in [5.41, 5.74) is 1.08. The van der Waals surface area contributed by atoms with Gasteiger partial charge < -0.3 is 14.7 Å². The average molecular weight is 326 g/mol. The molecule has 0 saturated carbocycles. The molecule has 6 heteroatoms. The minimum Gasteiger partial charge on any atom is -0.343 e. The Morgan fingerprint density at radius 3 is 2.29 bits per heavy atom. The number of amides is 1. The number of carbonyl (C=O) groups is 1. The SMILES string of the molecule is CN(C)C(=O)[C@@H](c1ccccc1)[NH+]1CCN(c2ncccn2)CC1. The maximum atomic E-state index is 12.8. The molecule has 2 aromatic rings. The number of likely N-dealkylation sites (N-methyl/N-ethyl adjacent to an activating group) is 1. The molecule has 1 aromatic carbocycles. The fraction of sp³-hybridized carbons (Fsp3) is 0.389. The molecule has 0 spiro atoms. The van der Waals surface area contributed by atoms with E-state index in [-0.39, 0.29) is 11.9 Å². The molecule has 3 rings (SSSR count). The third-order valence-electron chi connectivity index (χ3n) is 4.47. The molecule has 0 unspecified atom stereocenters. The largest absolute Gasteiger partial charge is 0.343 e. The van der Waals surface area contributed by atoms with Crippen LogP contribution in [0.25, 0.3) is 0 Å². The van der Waals surface area contributed by atoms with Crippen molar-refractivity contribution < 1.29 is 9.69 Å². The highest BCUT2D eigenvalue weighted by Crippen LogP contribution is 2.13. The summed E-state index contributed by atoms with van der Waals surface area (Å²) in [7, 11) is 3.65. The molecule has 1 fully saturated rings. The lowest BCUT2D eigenvalue weighted by molar-refractivity contribution is -0.922. The quantitative estimate of drug-likeness (QED) is 0.860. The van der Waals surface area contributed by atoms with Crippen LogP contribution in [0.15, 0.2) is 48.8 Å². The molecule has 1 aliphatic rings. The van der Waals surface area contributed by atoms with Gasteiger partial charge in [-0.05, 0) is 6.07 Å². The van der Waals surface area contributed by atoms with Gasteiger partial charge in [0.25, 0.3) is 5.91 Å². The number of hydrogen-bond acceptors (Lipinski definition) is 4. The molecule has 0 bridgehead atoms. The van der Waals surface area contributed by atoms with Gasteiger partial charge in [-0.3, -0.25) is 4.79 Å². The zero-order valence-corrected chi connectivity index (χ0v) is 14.2. The number of nitrogens with one attached hydrogen (secondary N) is 1. The van der Waals surface area contributed by atoms with E-state index in [0.717, 1.165) is 37.7 Å². The smallest absolute Gasteiger partial charge is 0.285 e. The fourth-order valence-corrected chi connectivity index (χ4v) is 3.19. The lowest BCUT2D eigenvalue weighted by Gasteiger charge is -2.36. The zero-order valence-electron chi connectivity index (χ0n) is 14.2. The lowest BCUT2D eigenvalue weighted by Crippen LogP contribution is -3.16. The van der Waals surface area contributed by atoms with E-state index >= 15 is 0 Å². The summed E-state index contributed by atoms with van der Waals surface area (Å²) in [5.74, 6) is 0.923. The molecule has 1 atom stereocenters. The van der Waals surface area contributed by atoms with E-state index in [1.165, 1.54) is 4.90 Å². The van der Waals surface area contributed by atoms with Crippen LogP contribution < -0.4 is 9.80 Å². The molecule has 1 aliphatic heterocycles. The normalized spacial score (nSPS) is 16.7. The summed E-state index contributed by atoms with van der Waals surface area (Å²) in [6, 6.07) is 11.8. The predicted octanol–water partition coefficient (Wildman–Crippen LogP) is 0.0110. The number of benzene rings is 1. The highest BCUT2D eigenvalue weighted by molar-refractivity contribution is 5.81. The van der Waals surface area contributed by atoms with Crippen LogP contribution >= 0.6 is 0 Å². The average Bonchev–Trinajstić information content (AvgIpc) is 2.64. The Hall–Kier alpha value is -2.47. The number of hydrogen-bond donors (Lipinski definition) is 1. The summed E-state index contributed by atoms with van der Waals surface area (Å²) < 4.78 is 0. The van der Waals surface area contributed by atoms with E-state index in [9.17, 15) is 4.79 Å². The first-order valence-corrected chi connectivity index (χ1v) is 8.29. The summed E-state index contributed by atoms with van der Waals surface area (Å²) in [6.07, 6.45) is 3.54. The molecule has 126 valence electrons. The highest BCUT2D eigenvalue weighted by Gasteiger charge is 2.35. The van der Waals surface area contributed by atoms with Crippen molar-refractivity contribution in [2.24, 2.45) is 0 Å². The third kappa shape index (κ3) is 3.54. The second-order valence-electron chi connectivity index (χ2n) is 6.27. The van der Waals surface area contributed by atoms with Crippen molar-refractivity contribution in [1.82, 2.24) is 14.9 Å². The van der Waals surface area contributed by atoms with Gasteiger partial charge in [-0.1, -0.05) is 30.3 Å². The van der Waals surface area contributed by atoms with Gasteiger partial charge in [0.15, 0.2) is 6.04 Å². The van der Waals surface area contributed by atoms with E-state index in [0.29, 0.717) is 0 Å². The van der Waals surface area contributed by atoms with Crippen LogP contribution in [0.2, 0.25) is 0 Å². The van der Waals surface area contributed by atoms with Crippen molar-refractivity contribution >= 4 is 11.9 Å². The van der Waals surface area contributed by atoms with Crippen LogP contribution in [0.5, 0.6) is 0 Å². The highest BCUT2D eigenvalue weighted by atomic mass is 16.2. The van der Waals surface area contributed by atoms with Gasteiger partial charge in [-0.2, -0.15) is 0 Å². The predicted molar refractivity (Wildman–Crippen MR) is 92.8 cm³/mol. The van der Waals surface area contributed by atoms with E-state index in [4.69, 9.17) is 0 Å². The summed E-state index contributed by atoms with van der Waals surface area (Å²) in [4.78, 5) is 26.6. The van der Waals surface area contributed by atoms with Crippen LogP contribution in [0.1, 0.15) is 11.6 Å². The lowest BCUT2D eigenvalue weighted by atomic mass is 10.0. The van der Waals surface area contributed by atoms with Crippen molar-refractivity contribution in [2.45, 2.75) is 6.04 Å². The van der Waals surface area contributed by atoms with Gasteiger partial charge in [-0.15, -0.1) is 0 Å². The van der Waals surface area contributed by atoms with E-state index < -0.39 is 0 Å². The molecular formula is C18H24N5O+. The van der Waals surface area contributed by atoms with Gasteiger partial charge in [0.2, 0.25) is 5.95 Å². The fourth-order valence-electron chi connectivity index (χ4n) is 3.19. The van der Waals surface area contributed by atoms with Crippen molar-refractivity contribution in [2.75, 3.05) is 45.2 Å². The number of aromatic nitrogens is 2. The first-order chi connectivity index (χ1) is 11.7. The summed E-state index contributed by atoms with van der Waals surface area (Å²) in [5, 5.41) is 0. The number of carbonyl (C=O) groups excluding carboxylic acids is 1. The first kappa shape index (κ1) is 16.4. The standard InChI is InChI=1S/C18H23N5O/c1-21(2)17(24)16(15-7-4-3-5-8-15)22-11-13-23(14-12-22)18-19-9-6-10-20-18/h3-10,16H,11-14H2,1-2H3/p+1/t16-/m1/s1. The second-order valence-corrected chi connectivity index (χ2v) is 6.27. The monoisotopic (exact) mass is 326 g/mol. The number of piperazine rings is 1. The molecule has 24 heavy (non-hydrogen) atoms. The molecule has 1 saturated heterocycles. The third-order valence-corrected chi connectivity index (χ3v) is 4.47. The van der Waals surface area contributed by atoms with Crippen LogP contribution in [-0.2, 0) is 4.79 Å². The summed E-state index contributed by atoms with van der Waals surface area (Å²) in [6.45, 7) is 3.47. The van der Waals surface area contributed by atoms with Gasteiger partial charge in [0, 0.05) is 32.1 Å². The Bertz CT molecular complexity index is 654. The maximum Gasteiger partial charge on any atom is 0.285 e. The molecule has 1 N–H and O–H groups in total. The molecule has 2 heterocycles. The van der Waals surface area contributed by atoms with Gasteiger partial charge in [0.1, 0.15) is 0 Å². The number of quaternary nitrogens is 1. The van der Waals surface area contributed by atoms with Crippen molar-refractivity contribution in [3.8, 4) is 0 Å².